The van der Waals surface area contributed by atoms with E-state index in [0.717, 1.165) is 46.3 Å². The molecule has 3 aromatic heterocycles. The Bertz CT molecular complexity index is 1710. The predicted molar refractivity (Wildman–Crippen MR) is 156 cm³/mol. The highest BCUT2D eigenvalue weighted by molar-refractivity contribution is 5.92. The topological polar surface area (TPSA) is 104 Å². The molecule has 6 rings (SSSR count). The first-order chi connectivity index (χ1) is 19.6. The van der Waals surface area contributed by atoms with Crippen LogP contribution in [0, 0.1) is 12.7 Å². The number of hydrogen-bond acceptors (Lipinski definition) is 6. The molecule has 1 aliphatic heterocycles. The number of aromatic nitrogens is 4. The zero-order chi connectivity index (χ0) is 29.0. The van der Waals surface area contributed by atoms with Gasteiger partial charge in [0, 0.05) is 37.4 Å². The molecule has 0 radical (unpaired) electrons. The van der Waals surface area contributed by atoms with Gasteiger partial charge in [-0.2, -0.15) is 4.98 Å². The molecule has 0 bridgehead atoms. The first-order valence-electron chi connectivity index (χ1n) is 14.1. The zero-order valence-corrected chi connectivity index (χ0v) is 23.6. The van der Waals surface area contributed by atoms with E-state index in [2.05, 4.69) is 16.0 Å². The summed E-state index contributed by atoms with van der Waals surface area (Å²) in [5.41, 5.74) is 4.83. The fourth-order valence-corrected chi connectivity index (χ4v) is 5.84. The molecule has 4 heterocycles. The molecular formula is C31H33FN6O3. The summed E-state index contributed by atoms with van der Waals surface area (Å²) >= 11 is 0. The minimum atomic E-state index is -0.959. The zero-order valence-electron chi connectivity index (χ0n) is 23.6. The number of fused-ring (bicyclic) bond motifs is 1. The lowest BCUT2D eigenvalue weighted by Crippen LogP contribution is -2.54. The maximum atomic E-state index is 14.0. The van der Waals surface area contributed by atoms with E-state index in [1.807, 2.05) is 38.7 Å². The van der Waals surface area contributed by atoms with Crippen LogP contribution in [-0.4, -0.2) is 61.3 Å². The monoisotopic (exact) mass is 556 g/mol. The van der Waals surface area contributed by atoms with Crippen molar-refractivity contribution in [1.29, 1.82) is 0 Å². The Kier molecular flexibility index (Phi) is 6.71. The number of carbonyl (C=O) groups is 1. The van der Waals surface area contributed by atoms with Gasteiger partial charge in [0.05, 0.1) is 22.5 Å². The molecular weight excluding hydrogens is 523 g/mol. The number of benzene rings is 1. The van der Waals surface area contributed by atoms with E-state index >= 15 is 0 Å². The Morgan fingerprint density at radius 3 is 2.46 bits per heavy atom. The van der Waals surface area contributed by atoms with E-state index < -0.39 is 11.8 Å². The van der Waals surface area contributed by atoms with Crippen molar-refractivity contribution in [2.75, 3.05) is 24.5 Å². The van der Waals surface area contributed by atoms with Crippen LogP contribution < -0.4 is 10.6 Å². The van der Waals surface area contributed by atoms with Crippen molar-refractivity contribution in [3.63, 3.8) is 0 Å². The normalized spacial score (nSPS) is 17.5. The third-order valence-electron chi connectivity index (χ3n) is 8.11. The number of rotatable bonds is 5. The van der Waals surface area contributed by atoms with Crippen LogP contribution in [0.4, 0.5) is 15.0 Å². The highest BCUT2D eigenvalue weighted by Crippen LogP contribution is 2.46. The lowest BCUT2D eigenvalue weighted by Gasteiger charge is -2.39. The second-order valence-corrected chi connectivity index (χ2v) is 11.4. The first kappa shape index (κ1) is 26.9. The van der Waals surface area contributed by atoms with Crippen molar-refractivity contribution < 1.29 is 14.3 Å². The third kappa shape index (κ3) is 4.81. The molecule has 1 aromatic carbocycles. The summed E-state index contributed by atoms with van der Waals surface area (Å²) in [7, 11) is 0. The number of halogens is 1. The quantitative estimate of drug-likeness (QED) is 0.347. The van der Waals surface area contributed by atoms with Gasteiger partial charge in [0.1, 0.15) is 11.6 Å². The Hall–Kier alpha value is -4.34. The van der Waals surface area contributed by atoms with Gasteiger partial charge >= 0.3 is 11.8 Å². The molecule has 9 nitrogen and oxygen atoms in total. The SMILES string of the molecule is Cc1ccnc(C(C)C)c1-n1c(=O)nc(N2CCN(C(=O)O)C[C@@H]2C)c2cc(C3CC3)c(-c3ccc(F)cc3)nc21. The van der Waals surface area contributed by atoms with Gasteiger partial charge in [0.15, 0.2) is 5.65 Å². The molecule has 212 valence electrons. The average Bonchev–Trinajstić information content (AvgIpc) is 3.78. The van der Waals surface area contributed by atoms with Gasteiger partial charge in [-0.15, -0.1) is 0 Å². The Morgan fingerprint density at radius 1 is 1.10 bits per heavy atom. The lowest BCUT2D eigenvalue weighted by molar-refractivity contribution is 0.136. The highest BCUT2D eigenvalue weighted by atomic mass is 19.1. The molecule has 2 aliphatic rings. The molecule has 1 aliphatic carbocycles. The van der Waals surface area contributed by atoms with Crippen LogP contribution in [0.1, 0.15) is 62.3 Å². The van der Waals surface area contributed by atoms with E-state index in [1.165, 1.54) is 17.0 Å². The summed E-state index contributed by atoms with van der Waals surface area (Å²) in [6.45, 7) is 8.97. The lowest BCUT2D eigenvalue weighted by atomic mass is 10.00. The molecule has 41 heavy (non-hydrogen) atoms. The highest BCUT2D eigenvalue weighted by Gasteiger charge is 2.33. The molecule has 1 saturated heterocycles. The average molecular weight is 557 g/mol. The predicted octanol–water partition coefficient (Wildman–Crippen LogP) is 5.48. The van der Waals surface area contributed by atoms with Gasteiger partial charge in [-0.3, -0.25) is 4.98 Å². The number of hydrogen-bond donors (Lipinski definition) is 1. The second kappa shape index (κ2) is 10.2. The van der Waals surface area contributed by atoms with E-state index in [-0.39, 0.29) is 17.8 Å². The van der Waals surface area contributed by atoms with Crippen LogP contribution in [0.25, 0.3) is 28.0 Å². The molecule has 1 amide bonds. The van der Waals surface area contributed by atoms with E-state index in [0.29, 0.717) is 42.7 Å². The molecule has 2 fully saturated rings. The number of nitrogens with zero attached hydrogens (tertiary/aromatic N) is 6. The van der Waals surface area contributed by atoms with Crippen molar-refractivity contribution in [2.24, 2.45) is 0 Å². The number of piperazine rings is 1. The van der Waals surface area contributed by atoms with E-state index in [9.17, 15) is 19.1 Å². The fraction of sp³-hybridized carbons (Fsp3) is 0.387. The standard InChI is InChI=1S/C31H33FN6O3/c1-17(2)25-27(18(3)11-12-33-25)38-29-24(28(35-30(38)39)37-14-13-36(31(40)41)16-19(37)4)15-23(20-5-6-20)26(34-29)21-7-9-22(32)10-8-21/h7-12,15,17,19-20H,5-6,13-14,16H2,1-4H3,(H,40,41)/t19-/m0/s1. The van der Waals surface area contributed by atoms with E-state index in [1.54, 1.807) is 22.9 Å². The van der Waals surface area contributed by atoms with Crippen LogP contribution in [0.2, 0.25) is 0 Å². The third-order valence-corrected chi connectivity index (χ3v) is 8.11. The van der Waals surface area contributed by atoms with Crippen molar-refractivity contribution >= 4 is 22.9 Å². The van der Waals surface area contributed by atoms with Gasteiger partial charge in [-0.05, 0) is 86.1 Å². The summed E-state index contributed by atoms with van der Waals surface area (Å²) in [6, 6.07) is 10.1. The second-order valence-electron chi connectivity index (χ2n) is 11.4. The maximum Gasteiger partial charge on any atom is 0.407 e. The van der Waals surface area contributed by atoms with Gasteiger partial charge in [-0.1, -0.05) is 13.8 Å². The molecule has 0 spiro atoms. The van der Waals surface area contributed by atoms with Crippen LogP contribution in [0.5, 0.6) is 0 Å². The Morgan fingerprint density at radius 2 is 1.83 bits per heavy atom. The minimum absolute atomic E-state index is 0.0398. The molecule has 4 aromatic rings. The Balaban J connectivity index is 1.66. The largest absolute Gasteiger partial charge is 0.465 e. The van der Waals surface area contributed by atoms with Gasteiger partial charge in [0.2, 0.25) is 0 Å². The number of aryl methyl sites for hydroxylation is 1. The van der Waals surface area contributed by atoms with Crippen molar-refractivity contribution in [3.05, 3.63) is 75.7 Å². The summed E-state index contributed by atoms with van der Waals surface area (Å²) in [5, 5.41) is 10.3. The number of anilines is 1. The molecule has 1 N–H and O–H groups in total. The minimum Gasteiger partial charge on any atom is -0.465 e. The van der Waals surface area contributed by atoms with Crippen LogP contribution >= 0.6 is 0 Å². The molecule has 1 atom stereocenters. The smallest absolute Gasteiger partial charge is 0.407 e. The Labute approximate surface area is 237 Å². The van der Waals surface area contributed by atoms with E-state index in [4.69, 9.17) is 4.98 Å². The van der Waals surface area contributed by atoms with Crippen molar-refractivity contribution in [1.82, 2.24) is 24.4 Å². The number of amides is 1. The van der Waals surface area contributed by atoms with Crippen molar-refractivity contribution in [3.8, 4) is 16.9 Å². The van der Waals surface area contributed by atoms with Gasteiger partial charge < -0.3 is 14.9 Å². The summed E-state index contributed by atoms with van der Waals surface area (Å²) in [6.07, 6.45) is 2.84. The first-order valence-corrected chi connectivity index (χ1v) is 14.1. The number of pyridine rings is 2. The summed E-state index contributed by atoms with van der Waals surface area (Å²) in [4.78, 5) is 43.5. The summed E-state index contributed by atoms with van der Waals surface area (Å²) < 4.78 is 15.4. The fourth-order valence-electron chi connectivity index (χ4n) is 5.84. The van der Waals surface area contributed by atoms with Gasteiger partial charge in [-0.25, -0.2) is 23.5 Å². The van der Waals surface area contributed by atoms with Crippen molar-refractivity contribution in [2.45, 2.75) is 58.4 Å². The van der Waals surface area contributed by atoms with Crippen LogP contribution in [-0.2, 0) is 0 Å². The number of carboxylic acid groups (broad SMARTS) is 1. The molecule has 10 heteroatoms. The van der Waals surface area contributed by atoms with Crippen LogP contribution in [0.3, 0.4) is 0 Å². The summed E-state index contributed by atoms with van der Waals surface area (Å²) in [5.74, 6) is 0.533. The molecule has 1 saturated carbocycles. The van der Waals surface area contributed by atoms with Gasteiger partial charge in [0.25, 0.3) is 0 Å². The maximum absolute atomic E-state index is 14.0. The molecule has 0 unspecified atom stereocenters. The van der Waals surface area contributed by atoms with Crippen LogP contribution in [0.15, 0.2) is 47.4 Å².